The largest absolute Gasteiger partial charge is 0.429 e. The first-order valence-electron chi connectivity index (χ1n) is 7.86. The lowest BCUT2D eigenvalue weighted by Gasteiger charge is -2.39. The van der Waals surface area contributed by atoms with Gasteiger partial charge in [-0.3, -0.25) is 0 Å². The Labute approximate surface area is 145 Å². The molecule has 9 heteroatoms. The summed E-state index contributed by atoms with van der Waals surface area (Å²) in [5.41, 5.74) is 0.682. The van der Waals surface area contributed by atoms with Gasteiger partial charge in [-0.25, -0.2) is 4.79 Å². The molecule has 144 valence electrons. The van der Waals surface area contributed by atoms with Crippen LogP contribution in [-0.4, -0.2) is 86.6 Å². The minimum Gasteiger partial charge on any atom is -0.429 e. The predicted molar refractivity (Wildman–Crippen MR) is 85.1 cm³/mol. The molecule has 1 saturated heterocycles. The Balaban J connectivity index is 2.67. The maximum Gasteiger partial charge on any atom is 0.335 e. The van der Waals surface area contributed by atoms with Crippen LogP contribution in [0.1, 0.15) is 20.3 Å². The molecule has 0 bridgehead atoms. The molecule has 1 rings (SSSR count). The van der Waals surface area contributed by atoms with Gasteiger partial charge in [0.15, 0.2) is 0 Å². The second-order valence-corrected chi connectivity index (χ2v) is 5.87. The lowest BCUT2D eigenvalue weighted by Crippen LogP contribution is -2.59. The number of carbonyl (C=O) groups is 1. The highest BCUT2D eigenvalue weighted by Crippen LogP contribution is 2.22. The van der Waals surface area contributed by atoms with Crippen molar-refractivity contribution in [1.29, 1.82) is 0 Å². The summed E-state index contributed by atoms with van der Waals surface area (Å²) in [6.45, 7) is 2.24. The topological polar surface area (TPSA) is 157 Å². The maximum atomic E-state index is 12.0. The standard InChI is InChI=1S/C16H26O9/c1-8(5-6-17)10(19)4-3-9(2)15(23)25-16-14(22)13(21)12(20)11(7-18)24-16/h3,5,10-14,16-22H,4,6-7H2,1-2H3/b8-5+,9-3+/t10?,11-,12-,13+,14-,16+/m1/s1. The first-order valence-corrected chi connectivity index (χ1v) is 7.86. The highest BCUT2D eigenvalue weighted by molar-refractivity contribution is 5.87. The van der Waals surface area contributed by atoms with Crippen molar-refractivity contribution in [3.05, 3.63) is 23.3 Å². The molecule has 9 nitrogen and oxygen atoms in total. The van der Waals surface area contributed by atoms with Gasteiger partial charge in [0.25, 0.3) is 0 Å². The first-order chi connectivity index (χ1) is 11.7. The number of hydrogen-bond donors (Lipinski definition) is 6. The van der Waals surface area contributed by atoms with Crippen molar-refractivity contribution in [3.63, 3.8) is 0 Å². The average Bonchev–Trinajstić information content (AvgIpc) is 2.59. The van der Waals surface area contributed by atoms with Crippen LogP contribution in [0.5, 0.6) is 0 Å². The van der Waals surface area contributed by atoms with Crippen LogP contribution >= 0.6 is 0 Å². The van der Waals surface area contributed by atoms with E-state index in [9.17, 15) is 25.2 Å². The third-order valence-electron chi connectivity index (χ3n) is 3.98. The average molecular weight is 362 g/mol. The molecule has 1 heterocycles. The Bertz CT molecular complexity index is 500. The summed E-state index contributed by atoms with van der Waals surface area (Å²) in [6.07, 6.45) is -5.47. The van der Waals surface area contributed by atoms with Gasteiger partial charge in [0, 0.05) is 5.57 Å². The minimum atomic E-state index is -1.67. The van der Waals surface area contributed by atoms with Crippen LogP contribution in [0.2, 0.25) is 0 Å². The summed E-state index contributed by atoms with van der Waals surface area (Å²) in [7, 11) is 0. The van der Waals surface area contributed by atoms with E-state index in [4.69, 9.17) is 19.7 Å². The number of esters is 1. The molecule has 0 aromatic carbocycles. The summed E-state index contributed by atoms with van der Waals surface area (Å²) in [6, 6.07) is 0. The summed E-state index contributed by atoms with van der Waals surface area (Å²) >= 11 is 0. The zero-order chi connectivity index (χ0) is 19.1. The van der Waals surface area contributed by atoms with Gasteiger partial charge in [0.1, 0.15) is 24.4 Å². The monoisotopic (exact) mass is 362 g/mol. The fraction of sp³-hybridized carbons (Fsp3) is 0.688. The Hall–Kier alpha value is -1.33. The van der Waals surface area contributed by atoms with Gasteiger partial charge in [0.05, 0.1) is 19.3 Å². The van der Waals surface area contributed by atoms with Gasteiger partial charge in [0.2, 0.25) is 6.29 Å². The van der Waals surface area contributed by atoms with E-state index in [0.717, 1.165) is 0 Å². The van der Waals surface area contributed by atoms with Gasteiger partial charge in [-0.1, -0.05) is 12.2 Å². The maximum absolute atomic E-state index is 12.0. The first kappa shape index (κ1) is 21.7. The van der Waals surface area contributed by atoms with Crippen LogP contribution in [0.15, 0.2) is 23.3 Å². The summed E-state index contributed by atoms with van der Waals surface area (Å²) in [5, 5.41) is 56.8. The third kappa shape index (κ3) is 5.86. The lowest BCUT2D eigenvalue weighted by atomic mass is 9.99. The van der Waals surface area contributed by atoms with Crippen LogP contribution < -0.4 is 0 Å². The SMILES string of the molecule is C/C(=C\CC(O)/C(C)=C/CO)C(=O)O[C@@H]1O[C@H](CO)[C@@H](O)[C@H](O)[C@H]1O. The number of rotatable bonds is 7. The number of hydrogen-bond acceptors (Lipinski definition) is 9. The van der Waals surface area contributed by atoms with Crippen molar-refractivity contribution in [3.8, 4) is 0 Å². The molecule has 1 unspecified atom stereocenters. The Morgan fingerprint density at radius 2 is 1.76 bits per heavy atom. The summed E-state index contributed by atoms with van der Waals surface area (Å²) < 4.78 is 10.0. The van der Waals surface area contributed by atoms with E-state index in [0.29, 0.717) is 5.57 Å². The highest BCUT2D eigenvalue weighted by Gasteiger charge is 2.45. The van der Waals surface area contributed by atoms with Crippen LogP contribution in [0.3, 0.4) is 0 Å². The molecule has 0 aliphatic carbocycles. The minimum absolute atomic E-state index is 0.109. The second-order valence-electron chi connectivity index (χ2n) is 5.87. The molecule has 25 heavy (non-hydrogen) atoms. The molecule has 0 amide bonds. The van der Waals surface area contributed by atoms with Gasteiger partial charge >= 0.3 is 5.97 Å². The summed E-state index contributed by atoms with van der Waals surface area (Å²) in [5.74, 6) is -0.847. The van der Waals surface area contributed by atoms with Gasteiger partial charge < -0.3 is 40.1 Å². The van der Waals surface area contributed by atoms with Crippen molar-refractivity contribution in [2.24, 2.45) is 0 Å². The second kappa shape index (κ2) is 9.97. The fourth-order valence-electron chi connectivity index (χ4n) is 2.20. The van der Waals surface area contributed by atoms with Crippen LogP contribution in [-0.2, 0) is 14.3 Å². The molecular weight excluding hydrogens is 336 g/mol. The Morgan fingerprint density at radius 3 is 2.32 bits per heavy atom. The predicted octanol–water partition coefficient (Wildman–Crippen LogP) is -2.03. The molecular formula is C16H26O9. The van der Waals surface area contributed by atoms with Crippen molar-refractivity contribution < 1.29 is 44.9 Å². The molecule has 0 aromatic heterocycles. The van der Waals surface area contributed by atoms with Crippen molar-refractivity contribution >= 4 is 5.97 Å². The van der Waals surface area contributed by atoms with E-state index >= 15 is 0 Å². The molecule has 0 spiro atoms. The van der Waals surface area contributed by atoms with Crippen LogP contribution in [0.4, 0.5) is 0 Å². The van der Waals surface area contributed by atoms with E-state index in [-0.39, 0.29) is 18.6 Å². The molecule has 6 N–H and O–H groups in total. The van der Waals surface area contributed by atoms with E-state index in [1.54, 1.807) is 6.92 Å². The zero-order valence-corrected chi connectivity index (χ0v) is 14.1. The van der Waals surface area contributed by atoms with E-state index in [1.807, 2.05) is 0 Å². The van der Waals surface area contributed by atoms with Gasteiger partial charge in [-0.2, -0.15) is 0 Å². The van der Waals surface area contributed by atoms with E-state index in [2.05, 4.69) is 0 Å². The van der Waals surface area contributed by atoms with Crippen molar-refractivity contribution in [2.75, 3.05) is 13.2 Å². The quantitative estimate of drug-likeness (QED) is 0.171. The molecule has 0 saturated carbocycles. The third-order valence-corrected chi connectivity index (χ3v) is 3.98. The number of ether oxygens (including phenoxy) is 2. The van der Waals surface area contributed by atoms with E-state index in [1.165, 1.54) is 19.1 Å². The Kier molecular flexibility index (Phi) is 8.66. The molecule has 1 aliphatic rings. The molecule has 1 aliphatic heterocycles. The van der Waals surface area contributed by atoms with Crippen molar-refractivity contribution in [2.45, 2.75) is 57.1 Å². The number of carbonyl (C=O) groups excluding carboxylic acids is 1. The molecule has 6 atom stereocenters. The fourth-order valence-corrected chi connectivity index (χ4v) is 2.20. The van der Waals surface area contributed by atoms with Crippen LogP contribution in [0.25, 0.3) is 0 Å². The van der Waals surface area contributed by atoms with Gasteiger partial charge in [-0.05, 0) is 25.8 Å². The van der Waals surface area contributed by atoms with Crippen LogP contribution in [0, 0.1) is 0 Å². The number of aliphatic hydroxyl groups excluding tert-OH is 6. The zero-order valence-electron chi connectivity index (χ0n) is 14.1. The smallest absolute Gasteiger partial charge is 0.335 e. The molecule has 0 aromatic rings. The highest BCUT2D eigenvalue weighted by atomic mass is 16.7. The van der Waals surface area contributed by atoms with E-state index < -0.39 is 49.4 Å². The Morgan fingerprint density at radius 1 is 1.12 bits per heavy atom. The number of aliphatic hydroxyl groups is 6. The lowest BCUT2D eigenvalue weighted by molar-refractivity contribution is -0.291. The molecule has 0 radical (unpaired) electrons. The summed E-state index contributed by atoms with van der Waals surface area (Å²) in [4.78, 5) is 12.0. The van der Waals surface area contributed by atoms with Gasteiger partial charge in [-0.15, -0.1) is 0 Å². The normalized spacial score (nSPS) is 32.4. The molecule has 1 fully saturated rings. The van der Waals surface area contributed by atoms with Crippen molar-refractivity contribution in [1.82, 2.24) is 0 Å².